The summed E-state index contributed by atoms with van der Waals surface area (Å²) in [5, 5.41) is 12.9. The minimum absolute atomic E-state index is 0.0539. The standard InChI is InChI=1S/C16H20N2O2S/c1-2-3-15-18-10-14(21-15)16(20)17-9-8-12-4-6-13(11-19)7-5-12/h4-7,10,19H,2-3,8-9,11H2,1H3,(H,17,20). The van der Waals surface area contributed by atoms with Crippen molar-refractivity contribution in [3.8, 4) is 0 Å². The van der Waals surface area contributed by atoms with Gasteiger partial charge in [0.15, 0.2) is 0 Å². The molecule has 5 heteroatoms. The van der Waals surface area contributed by atoms with E-state index in [1.165, 1.54) is 11.3 Å². The SMILES string of the molecule is CCCc1ncc(C(=O)NCCc2ccc(CO)cc2)s1. The highest BCUT2D eigenvalue weighted by Crippen LogP contribution is 2.14. The van der Waals surface area contributed by atoms with E-state index < -0.39 is 0 Å². The molecule has 0 spiro atoms. The predicted octanol–water partition coefficient (Wildman–Crippen LogP) is 2.56. The first-order valence-corrected chi connectivity index (χ1v) is 7.96. The number of nitrogens with one attached hydrogen (secondary N) is 1. The highest BCUT2D eigenvalue weighted by Gasteiger charge is 2.09. The molecule has 0 aliphatic carbocycles. The molecule has 0 bridgehead atoms. The molecule has 0 radical (unpaired) electrons. The number of carbonyl (C=O) groups excluding carboxylic acids is 1. The van der Waals surface area contributed by atoms with E-state index in [0.29, 0.717) is 11.4 Å². The second-order valence-corrected chi connectivity index (χ2v) is 5.96. The Kier molecular flexibility index (Phi) is 5.90. The van der Waals surface area contributed by atoms with Crippen LogP contribution >= 0.6 is 11.3 Å². The van der Waals surface area contributed by atoms with Crippen LogP contribution in [0.3, 0.4) is 0 Å². The van der Waals surface area contributed by atoms with E-state index in [9.17, 15) is 4.79 Å². The largest absolute Gasteiger partial charge is 0.392 e. The molecule has 0 unspecified atom stereocenters. The van der Waals surface area contributed by atoms with Gasteiger partial charge in [0.05, 0.1) is 17.8 Å². The van der Waals surface area contributed by atoms with E-state index >= 15 is 0 Å². The van der Waals surface area contributed by atoms with Gasteiger partial charge in [0.1, 0.15) is 4.88 Å². The Hall–Kier alpha value is -1.72. The van der Waals surface area contributed by atoms with Gasteiger partial charge < -0.3 is 10.4 Å². The fraction of sp³-hybridized carbons (Fsp3) is 0.375. The van der Waals surface area contributed by atoms with Crippen molar-refractivity contribution in [1.82, 2.24) is 10.3 Å². The van der Waals surface area contributed by atoms with Gasteiger partial charge in [-0.3, -0.25) is 4.79 Å². The summed E-state index contributed by atoms with van der Waals surface area (Å²) in [4.78, 5) is 16.9. The summed E-state index contributed by atoms with van der Waals surface area (Å²) in [7, 11) is 0. The van der Waals surface area contributed by atoms with Crippen molar-refractivity contribution in [3.05, 3.63) is 51.5 Å². The van der Waals surface area contributed by atoms with Crippen LogP contribution in [0.15, 0.2) is 30.5 Å². The van der Waals surface area contributed by atoms with Crippen molar-refractivity contribution in [1.29, 1.82) is 0 Å². The number of aryl methyl sites for hydroxylation is 1. The number of rotatable bonds is 7. The molecular weight excluding hydrogens is 284 g/mol. The highest BCUT2D eigenvalue weighted by molar-refractivity contribution is 7.13. The lowest BCUT2D eigenvalue weighted by molar-refractivity contribution is 0.0958. The summed E-state index contributed by atoms with van der Waals surface area (Å²) < 4.78 is 0. The van der Waals surface area contributed by atoms with Crippen LogP contribution in [-0.4, -0.2) is 22.5 Å². The van der Waals surface area contributed by atoms with Gasteiger partial charge in [0, 0.05) is 6.54 Å². The molecule has 0 aliphatic rings. The summed E-state index contributed by atoms with van der Waals surface area (Å²) in [5.41, 5.74) is 2.04. The topological polar surface area (TPSA) is 62.2 Å². The van der Waals surface area contributed by atoms with Crippen molar-refractivity contribution in [2.45, 2.75) is 32.8 Å². The van der Waals surface area contributed by atoms with Crippen molar-refractivity contribution in [2.24, 2.45) is 0 Å². The normalized spacial score (nSPS) is 10.6. The van der Waals surface area contributed by atoms with Gasteiger partial charge in [-0.15, -0.1) is 11.3 Å². The fourth-order valence-electron chi connectivity index (χ4n) is 1.96. The van der Waals surface area contributed by atoms with Crippen LogP contribution in [0.25, 0.3) is 0 Å². The Balaban J connectivity index is 1.80. The number of benzene rings is 1. The molecule has 1 heterocycles. The van der Waals surface area contributed by atoms with Gasteiger partial charge >= 0.3 is 0 Å². The average Bonchev–Trinajstić information content (AvgIpc) is 2.97. The summed E-state index contributed by atoms with van der Waals surface area (Å²) >= 11 is 1.47. The molecule has 0 fully saturated rings. The number of carbonyl (C=O) groups is 1. The molecule has 1 amide bonds. The number of amides is 1. The van der Waals surface area contributed by atoms with Crippen LogP contribution in [0.2, 0.25) is 0 Å². The number of aliphatic hydroxyl groups is 1. The third-order valence-electron chi connectivity index (χ3n) is 3.15. The summed E-state index contributed by atoms with van der Waals surface area (Å²) in [5.74, 6) is -0.0539. The first-order valence-electron chi connectivity index (χ1n) is 7.14. The molecule has 2 rings (SSSR count). The molecule has 21 heavy (non-hydrogen) atoms. The maximum atomic E-state index is 12.0. The molecule has 4 nitrogen and oxygen atoms in total. The Morgan fingerprint density at radius 2 is 1.95 bits per heavy atom. The number of hydrogen-bond donors (Lipinski definition) is 2. The van der Waals surface area contributed by atoms with Gasteiger partial charge in [-0.05, 0) is 30.4 Å². The number of hydrogen-bond acceptors (Lipinski definition) is 4. The van der Waals surface area contributed by atoms with Crippen LogP contribution < -0.4 is 5.32 Å². The maximum Gasteiger partial charge on any atom is 0.263 e. The summed E-state index contributed by atoms with van der Waals surface area (Å²) in [6.45, 7) is 2.75. The average molecular weight is 304 g/mol. The minimum Gasteiger partial charge on any atom is -0.392 e. The molecular formula is C16H20N2O2S. The van der Waals surface area contributed by atoms with Gasteiger partial charge in [-0.2, -0.15) is 0 Å². The number of nitrogens with zero attached hydrogens (tertiary/aromatic N) is 1. The molecule has 0 atom stereocenters. The second-order valence-electron chi connectivity index (χ2n) is 4.85. The van der Waals surface area contributed by atoms with Crippen molar-refractivity contribution in [3.63, 3.8) is 0 Å². The molecule has 0 aliphatic heterocycles. The highest BCUT2D eigenvalue weighted by atomic mass is 32.1. The van der Waals surface area contributed by atoms with E-state index in [1.807, 2.05) is 24.3 Å². The Morgan fingerprint density at radius 1 is 1.24 bits per heavy atom. The molecule has 1 aromatic carbocycles. The van der Waals surface area contributed by atoms with Crippen LogP contribution in [0.4, 0.5) is 0 Å². The fourth-order valence-corrected chi connectivity index (χ4v) is 2.90. The van der Waals surface area contributed by atoms with E-state index in [1.54, 1.807) is 6.20 Å². The lowest BCUT2D eigenvalue weighted by Gasteiger charge is -2.04. The van der Waals surface area contributed by atoms with E-state index in [4.69, 9.17) is 5.11 Å². The second kappa shape index (κ2) is 7.90. The predicted molar refractivity (Wildman–Crippen MR) is 84.5 cm³/mol. The Bertz CT molecular complexity index is 578. The van der Waals surface area contributed by atoms with Crippen molar-refractivity contribution >= 4 is 17.2 Å². The van der Waals surface area contributed by atoms with E-state index in [0.717, 1.165) is 35.4 Å². The Morgan fingerprint density at radius 3 is 2.62 bits per heavy atom. The van der Waals surface area contributed by atoms with Crippen molar-refractivity contribution < 1.29 is 9.90 Å². The zero-order valence-electron chi connectivity index (χ0n) is 12.1. The van der Waals surface area contributed by atoms with Crippen LogP contribution in [0.5, 0.6) is 0 Å². The smallest absolute Gasteiger partial charge is 0.263 e. The van der Waals surface area contributed by atoms with Crippen LogP contribution in [0.1, 0.15) is 39.2 Å². The summed E-state index contributed by atoms with van der Waals surface area (Å²) in [6.07, 6.45) is 4.40. The van der Waals surface area contributed by atoms with Crippen molar-refractivity contribution in [2.75, 3.05) is 6.54 Å². The molecule has 112 valence electrons. The summed E-state index contributed by atoms with van der Waals surface area (Å²) in [6, 6.07) is 7.75. The van der Waals surface area contributed by atoms with E-state index in [2.05, 4.69) is 17.2 Å². The van der Waals surface area contributed by atoms with Gasteiger partial charge in [0.25, 0.3) is 5.91 Å². The van der Waals surface area contributed by atoms with Gasteiger partial charge in [0.2, 0.25) is 0 Å². The first-order chi connectivity index (χ1) is 10.2. The monoisotopic (exact) mass is 304 g/mol. The maximum absolute atomic E-state index is 12.0. The number of thiazole rings is 1. The quantitative estimate of drug-likeness (QED) is 0.826. The third kappa shape index (κ3) is 4.65. The van der Waals surface area contributed by atoms with Crippen LogP contribution in [0, 0.1) is 0 Å². The van der Waals surface area contributed by atoms with E-state index in [-0.39, 0.29) is 12.5 Å². The molecule has 1 aromatic heterocycles. The lowest BCUT2D eigenvalue weighted by atomic mass is 10.1. The third-order valence-corrected chi connectivity index (χ3v) is 4.20. The number of aromatic nitrogens is 1. The zero-order valence-corrected chi connectivity index (χ0v) is 12.9. The Labute approximate surface area is 128 Å². The first kappa shape index (κ1) is 15.7. The molecule has 2 N–H and O–H groups in total. The molecule has 2 aromatic rings. The zero-order chi connectivity index (χ0) is 15.1. The van der Waals surface area contributed by atoms with Crippen LogP contribution in [-0.2, 0) is 19.4 Å². The number of aliphatic hydroxyl groups excluding tert-OH is 1. The van der Waals surface area contributed by atoms with Gasteiger partial charge in [-0.25, -0.2) is 4.98 Å². The minimum atomic E-state index is -0.0539. The lowest BCUT2D eigenvalue weighted by Crippen LogP contribution is -2.24. The molecule has 0 saturated carbocycles. The molecule has 0 saturated heterocycles. The van der Waals surface area contributed by atoms with Gasteiger partial charge in [-0.1, -0.05) is 31.2 Å².